The number of nitrogens with zero attached hydrogens (tertiary/aromatic N) is 4. The number of amides is 1. The van der Waals surface area contributed by atoms with Crippen molar-refractivity contribution < 1.29 is 9.53 Å². The number of hydrogen-bond donors (Lipinski definition) is 1. The Morgan fingerprint density at radius 2 is 1.97 bits per heavy atom. The minimum Gasteiger partial charge on any atom is -0.472 e. The molecule has 9 heteroatoms. The molecule has 2 N–H and O–H groups in total. The Labute approximate surface area is 202 Å². The second kappa shape index (κ2) is 10.4. The van der Waals surface area contributed by atoms with Crippen LogP contribution in [0.4, 0.5) is 5.95 Å². The molecule has 33 heavy (non-hydrogen) atoms. The highest BCUT2D eigenvalue weighted by Crippen LogP contribution is 2.36. The van der Waals surface area contributed by atoms with Gasteiger partial charge in [-0.3, -0.25) is 4.79 Å². The van der Waals surface area contributed by atoms with Crippen LogP contribution in [0.1, 0.15) is 21.5 Å². The van der Waals surface area contributed by atoms with Gasteiger partial charge in [-0.25, -0.2) is 4.98 Å². The molecule has 0 bridgehead atoms. The fourth-order valence-corrected chi connectivity index (χ4v) is 4.72. The van der Waals surface area contributed by atoms with Gasteiger partial charge in [0, 0.05) is 31.1 Å². The van der Waals surface area contributed by atoms with Gasteiger partial charge in [0.05, 0.1) is 21.7 Å². The number of likely N-dealkylation sites (N-methyl/N-ethyl adjacent to an activating group) is 1. The fourth-order valence-electron chi connectivity index (χ4n) is 3.52. The Balaban J connectivity index is 1.60. The molecule has 0 unspecified atom stereocenters. The number of carbonyl (C=O) groups is 1. The van der Waals surface area contributed by atoms with E-state index in [9.17, 15) is 4.79 Å². The zero-order valence-corrected chi connectivity index (χ0v) is 20.2. The maximum atomic E-state index is 11.5. The number of primary amides is 1. The lowest BCUT2D eigenvalue weighted by Gasteiger charge is -2.32. The van der Waals surface area contributed by atoms with Crippen LogP contribution in [-0.4, -0.2) is 54.0 Å². The standard InChI is InChI=1S/C24H26ClN5O2S/c1-16-4-3-5-17(12-16)15-32-23-21(33-18-6-7-19(22(26)31)20(25)13-18)14-27-24(28-23)30-10-8-29(2)9-11-30/h3-7,12-14H,8-11,15H2,1-2H3,(H2,26,31). The molecule has 1 aliphatic heterocycles. The summed E-state index contributed by atoms with van der Waals surface area (Å²) < 4.78 is 6.18. The summed E-state index contributed by atoms with van der Waals surface area (Å²) in [4.78, 5) is 26.9. The predicted molar refractivity (Wildman–Crippen MR) is 131 cm³/mol. The molecule has 3 aromatic rings. The van der Waals surface area contributed by atoms with Crippen molar-refractivity contribution in [1.82, 2.24) is 14.9 Å². The molecule has 1 aromatic heterocycles. The van der Waals surface area contributed by atoms with Crippen LogP contribution in [0.15, 0.2) is 58.5 Å². The van der Waals surface area contributed by atoms with E-state index in [4.69, 9.17) is 27.1 Å². The molecule has 172 valence electrons. The molecule has 0 aliphatic carbocycles. The molecule has 0 spiro atoms. The number of anilines is 1. The van der Waals surface area contributed by atoms with Crippen molar-refractivity contribution in [3.05, 3.63) is 70.4 Å². The molecule has 1 fully saturated rings. The Bertz CT molecular complexity index is 1150. The molecular formula is C24H26ClN5O2S. The Morgan fingerprint density at radius 1 is 1.18 bits per heavy atom. The summed E-state index contributed by atoms with van der Waals surface area (Å²) in [5, 5.41) is 0.310. The van der Waals surface area contributed by atoms with Gasteiger partial charge in [-0.05, 0) is 37.7 Å². The molecule has 7 nitrogen and oxygen atoms in total. The number of benzene rings is 2. The highest BCUT2D eigenvalue weighted by Gasteiger charge is 2.19. The van der Waals surface area contributed by atoms with Gasteiger partial charge in [-0.2, -0.15) is 4.98 Å². The first-order chi connectivity index (χ1) is 15.9. The first kappa shape index (κ1) is 23.4. The molecule has 0 radical (unpaired) electrons. The Hall–Kier alpha value is -2.81. The van der Waals surface area contributed by atoms with E-state index in [0.29, 0.717) is 29.0 Å². The van der Waals surface area contributed by atoms with Crippen LogP contribution in [0.25, 0.3) is 0 Å². The van der Waals surface area contributed by atoms with Gasteiger partial charge in [0.2, 0.25) is 17.7 Å². The number of aryl methyl sites for hydroxylation is 1. The lowest BCUT2D eigenvalue weighted by molar-refractivity contribution is 0.100. The first-order valence-electron chi connectivity index (χ1n) is 10.6. The number of hydrogen-bond acceptors (Lipinski definition) is 7. The van der Waals surface area contributed by atoms with Crippen LogP contribution in [0.5, 0.6) is 5.88 Å². The van der Waals surface area contributed by atoms with E-state index in [2.05, 4.69) is 40.9 Å². The van der Waals surface area contributed by atoms with Crippen molar-refractivity contribution >= 4 is 35.2 Å². The summed E-state index contributed by atoms with van der Waals surface area (Å²) in [6.45, 7) is 6.11. The molecule has 4 rings (SSSR count). The van der Waals surface area contributed by atoms with Crippen LogP contribution in [-0.2, 0) is 6.61 Å². The van der Waals surface area contributed by atoms with Gasteiger partial charge >= 0.3 is 0 Å². The van der Waals surface area contributed by atoms with Crippen molar-refractivity contribution in [1.29, 1.82) is 0 Å². The predicted octanol–water partition coefficient (Wildman–Crippen LogP) is 4.02. The third-order valence-electron chi connectivity index (χ3n) is 5.39. The first-order valence-corrected chi connectivity index (χ1v) is 11.8. The minimum atomic E-state index is -0.557. The van der Waals surface area contributed by atoms with Crippen molar-refractivity contribution in [2.24, 2.45) is 5.73 Å². The lowest BCUT2D eigenvalue weighted by atomic mass is 10.1. The average Bonchev–Trinajstić information content (AvgIpc) is 2.79. The molecule has 1 aliphatic rings. The van der Waals surface area contributed by atoms with Gasteiger partial charge in [-0.15, -0.1) is 0 Å². The molecule has 0 saturated carbocycles. The number of carbonyl (C=O) groups excluding carboxylic acids is 1. The number of halogens is 1. The molecule has 2 aromatic carbocycles. The van der Waals surface area contributed by atoms with E-state index >= 15 is 0 Å². The van der Waals surface area contributed by atoms with E-state index in [1.165, 1.54) is 17.3 Å². The molecule has 2 heterocycles. The molecule has 1 saturated heterocycles. The van der Waals surface area contributed by atoms with E-state index < -0.39 is 5.91 Å². The SMILES string of the molecule is Cc1cccc(COc2nc(N3CCN(C)CC3)ncc2Sc2ccc(C(N)=O)c(Cl)c2)c1. The Kier molecular flexibility index (Phi) is 7.37. The van der Waals surface area contributed by atoms with Crippen molar-refractivity contribution in [2.75, 3.05) is 38.1 Å². The minimum absolute atomic E-state index is 0.290. The van der Waals surface area contributed by atoms with Crippen LogP contribution in [0.3, 0.4) is 0 Å². The molecule has 1 amide bonds. The Morgan fingerprint density at radius 3 is 2.67 bits per heavy atom. The van der Waals surface area contributed by atoms with Crippen molar-refractivity contribution in [2.45, 2.75) is 23.3 Å². The fraction of sp³-hybridized carbons (Fsp3) is 0.292. The molecule has 0 atom stereocenters. The summed E-state index contributed by atoms with van der Waals surface area (Å²) in [5.74, 6) is 0.618. The van der Waals surface area contributed by atoms with Gasteiger partial charge < -0.3 is 20.3 Å². The summed E-state index contributed by atoms with van der Waals surface area (Å²) in [7, 11) is 2.11. The second-order valence-corrected chi connectivity index (χ2v) is 9.54. The highest BCUT2D eigenvalue weighted by atomic mass is 35.5. The topological polar surface area (TPSA) is 84.6 Å². The number of rotatable bonds is 7. The van der Waals surface area contributed by atoms with Gasteiger partial charge in [0.25, 0.3) is 0 Å². The second-order valence-electron chi connectivity index (χ2n) is 8.02. The van der Waals surface area contributed by atoms with Gasteiger partial charge in [0.15, 0.2) is 0 Å². The normalized spacial score (nSPS) is 14.3. The zero-order chi connectivity index (χ0) is 23.4. The largest absolute Gasteiger partial charge is 0.472 e. The molecular weight excluding hydrogens is 458 g/mol. The number of piperazine rings is 1. The van der Waals surface area contributed by atoms with Crippen molar-refractivity contribution in [3.63, 3.8) is 0 Å². The van der Waals surface area contributed by atoms with Gasteiger partial charge in [0.1, 0.15) is 6.61 Å². The summed E-state index contributed by atoms with van der Waals surface area (Å²) >= 11 is 7.67. The monoisotopic (exact) mass is 483 g/mol. The number of aromatic nitrogens is 2. The van der Waals surface area contributed by atoms with E-state index in [-0.39, 0.29) is 0 Å². The lowest BCUT2D eigenvalue weighted by Crippen LogP contribution is -2.45. The number of nitrogens with two attached hydrogens (primary N) is 1. The zero-order valence-electron chi connectivity index (χ0n) is 18.6. The van der Waals surface area contributed by atoms with Crippen LogP contribution >= 0.6 is 23.4 Å². The highest BCUT2D eigenvalue weighted by molar-refractivity contribution is 7.99. The maximum Gasteiger partial charge on any atom is 0.250 e. The maximum absolute atomic E-state index is 11.5. The third kappa shape index (κ3) is 5.96. The van der Waals surface area contributed by atoms with Gasteiger partial charge in [-0.1, -0.05) is 53.2 Å². The number of ether oxygens (including phenoxy) is 1. The van der Waals surface area contributed by atoms with E-state index in [1.807, 2.05) is 12.1 Å². The van der Waals surface area contributed by atoms with Crippen LogP contribution < -0.4 is 15.4 Å². The third-order valence-corrected chi connectivity index (χ3v) is 6.69. The smallest absolute Gasteiger partial charge is 0.250 e. The van der Waals surface area contributed by atoms with Crippen LogP contribution in [0.2, 0.25) is 5.02 Å². The van der Waals surface area contributed by atoms with E-state index in [1.54, 1.807) is 24.4 Å². The summed E-state index contributed by atoms with van der Waals surface area (Å²) in [6.07, 6.45) is 1.78. The summed E-state index contributed by atoms with van der Waals surface area (Å²) in [5.41, 5.74) is 7.90. The van der Waals surface area contributed by atoms with E-state index in [0.717, 1.165) is 41.5 Å². The quantitative estimate of drug-likeness (QED) is 0.543. The van der Waals surface area contributed by atoms with Crippen molar-refractivity contribution in [3.8, 4) is 5.88 Å². The summed E-state index contributed by atoms with van der Waals surface area (Å²) in [6, 6.07) is 13.3. The average molecular weight is 484 g/mol. The van der Waals surface area contributed by atoms with Crippen LogP contribution in [0, 0.1) is 6.92 Å².